The SMILES string of the molecule is CCC(=O)c1ccc2nc(-c3cc(N)c[nH]3)[nH]c2c1. The Balaban J connectivity index is 2.08. The predicted octanol–water partition coefficient (Wildman–Crippen LogP) is 2.73. The van der Waals surface area contributed by atoms with Gasteiger partial charge in [-0.15, -0.1) is 0 Å². The lowest BCUT2D eigenvalue weighted by Gasteiger charge is -1.96. The minimum atomic E-state index is 0.127. The van der Waals surface area contributed by atoms with Crippen molar-refractivity contribution in [3.63, 3.8) is 0 Å². The molecule has 0 spiro atoms. The number of aromatic nitrogens is 3. The van der Waals surface area contributed by atoms with Gasteiger partial charge >= 0.3 is 0 Å². The maximum absolute atomic E-state index is 11.7. The van der Waals surface area contributed by atoms with Gasteiger partial charge in [0.05, 0.1) is 16.7 Å². The smallest absolute Gasteiger partial charge is 0.162 e. The largest absolute Gasteiger partial charge is 0.397 e. The zero-order chi connectivity index (χ0) is 13.4. The number of nitrogen functional groups attached to an aromatic ring is 1. The van der Waals surface area contributed by atoms with Gasteiger partial charge in [-0.05, 0) is 24.3 Å². The molecule has 3 rings (SSSR count). The predicted molar refractivity (Wildman–Crippen MR) is 74.9 cm³/mol. The van der Waals surface area contributed by atoms with Gasteiger partial charge in [-0.3, -0.25) is 4.79 Å². The summed E-state index contributed by atoms with van der Waals surface area (Å²) in [5, 5.41) is 0. The molecule has 0 saturated carbocycles. The van der Waals surface area contributed by atoms with Crippen LogP contribution in [0.1, 0.15) is 23.7 Å². The van der Waals surface area contributed by atoms with Crippen LogP contribution in [0.4, 0.5) is 5.69 Å². The molecule has 0 aliphatic carbocycles. The molecule has 1 aromatic carbocycles. The van der Waals surface area contributed by atoms with Crippen molar-refractivity contribution in [1.29, 1.82) is 0 Å². The molecular weight excluding hydrogens is 240 g/mol. The lowest BCUT2D eigenvalue weighted by atomic mass is 10.1. The third-order valence-electron chi connectivity index (χ3n) is 3.09. The second-order valence-electron chi connectivity index (χ2n) is 4.44. The Kier molecular flexibility index (Phi) is 2.59. The van der Waals surface area contributed by atoms with Crippen LogP contribution in [-0.4, -0.2) is 20.7 Å². The van der Waals surface area contributed by atoms with Crippen molar-refractivity contribution in [1.82, 2.24) is 15.0 Å². The van der Waals surface area contributed by atoms with Crippen LogP contribution >= 0.6 is 0 Å². The van der Waals surface area contributed by atoms with Crippen molar-refractivity contribution in [2.24, 2.45) is 0 Å². The Morgan fingerprint density at radius 2 is 2.21 bits per heavy atom. The number of aromatic amines is 2. The maximum Gasteiger partial charge on any atom is 0.162 e. The van der Waals surface area contributed by atoms with Gasteiger partial charge in [-0.2, -0.15) is 0 Å². The monoisotopic (exact) mass is 254 g/mol. The number of Topliss-reactive ketones (excluding diaryl/α,β-unsaturated/α-hetero) is 1. The van der Waals surface area contributed by atoms with E-state index in [1.165, 1.54) is 0 Å². The summed E-state index contributed by atoms with van der Waals surface area (Å²) in [6.07, 6.45) is 2.22. The third kappa shape index (κ3) is 1.99. The first-order valence-corrected chi connectivity index (χ1v) is 6.14. The average Bonchev–Trinajstić information content (AvgIpc) is 3.02. The van der Waals surface area contributed by atoms with Gasteiger partial charge in [-0.1, -0.05) is 6.92 Å². The second-order valence-corrected chi connectivity index (χ2v) is 4.44. The third-order valence-corrected chi connectivity index (χ3v) is 3.09. The van der Waals surface area contributed by atoms with Crippen molar-refractivity contribution in [3.8, 4) is 11.5 Å². The van der Waals surface area contributed by atoms with Crippen molar-refractivity contribution >= 4 is 22.5 Å². The number of carbonyl (C=O) groups is 1. The number of rotatable bonds is 3. The Morgan fingerprint density at radius 1 is 1.37 bits per heavy atom. The molecule has 19 heavy (non-hydrogen) atoms. The lowest BCUT2D eigenvalue weighted by Crippen LogP contribution is -1.95. The number of carbonyl (C=O) groups excluding carboxylic acids is 1. The van der Waals surface area contributed by atoms with E-state index in [0.717, 1.165) is 16.7 Å². The van der Waals surface area contributed by atoms with E-state index in [-0.39, 0.29) is 5.78 Å². The molecule has 0 aliphatic heterocycles. The molecular formula is C14H14N4O. The Hall–Kier alpha value is -2.56. The van der Waals surface area contributed by atoms with Crippen LogP contribution in [-0.2, 0) is 0 Å². The molecule has 0 amide bonds. The van der Waals surface area contributed by atoms with Gasteiger partial charge in [0, 0.05) is 23.9 Å². The fourth-order valence-corrected chi connectivity index (χ4v) is 2.06. The fraction of sp³-hybridized carbons (Fsp3) is 0.143. The summed E-state index contributed by atoms with van der Waals surface area (Å²) in [5.41, 5.74) is 9.55. The van der Waals surface area contributed by atoms with Crippen LogP contribution in [0.2, 0.25) is 0 Å². The van der Waals surface area contributed by atoms with E-state index < -0.39 is 0 Å². The number of nitrogens with one attached hydrogen (secondary N) is 2. The van der Waals surface area contributed by atoms with Gasteiger partial charge in [-0.25, -0.2) is 4.98 Å². The number of nitrogens with two attached hydrogens (primary N) is 1. The quantitative estimate of drug-likeness (QED) is 0.628. The van der Waals surface area contributed by atoms with Crippen LogP contribution in [0.3, 0.4) is 0 Å². The van der Waals surface area contributed by atoms with Crippen molar-refractivity contribution in [2.45, 2.75) is 13.3 Å². The number of nitrogens with zero attached hydrogens (tertiary/aromatic N) is 1. The highest BCUT2D eigenvalue weighted by Gasteiger charge is 2.09. The number of ketones is 1. The molecule has 0 radical (unpaired) electrons. The molecule has 5 heteroatoms. The van der Waals surface area contributed by atoms with Gasteiger partial charge in [0.2, 0.25) is 0 Å². The van der Waals surface area contributed by atoms with E-state index in [9.17, 15) is 4.79 Å². The zero-order valence-corrected chi connectivity index (χ0v) is 10.5. The highest BCUT2D eigenvalue weighted by molar-refractivity contribution is 5.98. The first kappa shape index (κ1) is 11.5. The van der Waals surface area contributed by atoms with Gasteiger partial charge < -0.3 is 15.7 Å². The van der Waals surface area contributed by atoms with E-state index in [1.54, 1.807) is 6.20 Å². The number of benzene rings is 1. The van der Waals surface area contributed by atoms with E-state index in [0.29, 0.717) is 23.5 Å². The van der Waals surface area contributed by atoms with E-state index in [1.807, 2.05) is 31.2 Å². The Morgan fingerprint density at radius 3 is 2.89 bits per heavy atom. The summed E-state index contributed by atoms with van der Waals surface area (Å²) in [4.78, 5) is 22.4. The first-order chi connectivity index (χ1) is 9.17. The summed E-state index contributed by atoms with van der Waals surface area (Å²) < 4.78 is 0. The molecule has 5 nitrogen and oxygen atoms in total. The Labute approximate surface area is 109 Å². The maximum atomic E-state index is 11.7. The number of hydrogen-bond donors (Lipinski definition) is 3. The molecule has 0 fully saturated rings. The van der Waals surface area contributed by atoms with Crippen LogP contribution in [0.15, 0.2) is 30.5 Å². The summed E-state index contributed by atoms with van der Waals surface area (Å²) in [5.74, 6) is 0.843. The highest BCUT2D eigenvalue weighted by atomic mass is 16.1. The highest BCUT2D eigenvalue weighted by Crippen LogP contribution is 2.22. The summed E-state index contributed by atoms with van der Waals surface area (Å²) >= 11 is 0. The van der Waals surface area contributed by atoms with Crippen LogP contribution in [0.25, 0.3) is 22.6 Å². The molecule has 0 saturated heterocycles. The summed E-state index contributed by atoms with van der Waals surface area (Å²) in [6, 6.07) is 7.31. The van der Waals surface area contributed by atoms with E-state index in [4.69, 9.17) is 5.73 Å². The van der Waals surface area contributed by atoms with E-state index >= 15 is 0 Å². The van der Waals surface area contributed by atoms with Crippen molar-refractivity contribution < 1.29 is 4.79 Å². The molecule has 2 aromatic heterocycles. The van der Waals surface area contributed by atoms with Gasteiger partial charge in [0.1, 0.15) is 0 Å². The van der Waals surface area contributed by atoms with Crippen LogP contribution < -0.4 is 5.73 Å². The van der Waals surface area contributed by atoms with Gasteiger partial charge in [0.25, 0.3) is 0 Å². The molecule has 4 N–H and O–H groups in total. The fourth-order valence-electron chi connectivity index (χ4n) is 2.06. The summed E-state index contributed by atoms with van der Waals surface area (Å²) in [7, 11) is 0. The molecule has 0 aliphatic rings. The van der Waals surface area contributed by atoms with Crippen molar-refractivity contribution in [2.75, 3.05) is 5.73 Å². The number of anilines is 1. The lowest BCUT2D eigenvalue weighted by molar-refractivity contribution is 0.0988. The number of hydrogen-bond acceptors (Lipinski definition) is 3. The molecule has 96 valence electrons. The standard InChI is InChI=1S/C14H14N4O/c1-2-13(19)8-3-4-10-11(5-8)18-14(17-10)12-6-9(15)7-16-12/h3-7,16H,2,15H2,1H3,(H,17,18). The number of fused-ring (bicyclic) bond motifs is 1. The minimum Gasteiger partial charge on any atom is -0.397 e. The number of H-pyrrole nitrogens is 2. The molecule has 0 bridgehead atoms. The zero-order valence-electron chi connectivity index (χ0n) is 10.5. The minimum absolute atomic E-state index is 0.127. The molecule has 0 atom stereocenters. The topological polar surface area (TPSA) is 87.6 Å². The number of imidazole rings is 1. The van der Waals surface area contributed by atoms with Gasteiger partial charge in [0.15, 0.2) is 11.6 Å². The molecule has 3 aromatic rings. The van der Waals surface area contributed by atoms with Crippen LogP contribution in [0.5, 0.6) is 0 Å². The molecule has 0 unspecified atom stereocenters. The second kappa shape index (κ2) is 4.28. The molecule has 2 heterocycles. The average molecular weight is 254 g/mol. The normalized spacial score (nSPS) is 11.0. The first-order valence-electron chi connectivity index (χ1n) is 6.14. The van der Waals surface area contributed by atoms with Crippen molar-refractivity contribution in [3.05, 3.63) is 36.0 Å². The van der Waals surface area contributed by atoms with E-state index in [2.05, 4.69) is 15.0 Å². The van der Waals surface area contributed by atoms with Crippen LogP contribution in [0, 0.1) is 0 Å². The Bertz CT molecular complexity index is 754. The summed E-state index contributed by atoms with van der Waals surface area (Å²) in [6.45, 7) is 1.85.